The van der Waals surface area contributed by atoms with Crippen LogP contribution in [0.15, 0.2) is 24.3 Å². The smallest absolute Gasteiger partial charge is 0.304 e. The third kappa shape index (κ3) is 5.36. The monoisotopic (exact) mass is 274 g/mol. The highest BCUT2D eigenvalue weighted by atomic mass is 16.5. The molecular weight excluding hydrogens is 252 g/mol. The molecule has 0 heterocycles. The maximum atomic E-state index is 10.8. The van der Waals surface area contributed by atoms with Crippen LogP contribution in [0.2, 0.25) is 0 Å². The van der Waals surface area contributed by atoms with Gasteiger partial charge in [0.05, 0.1) is 18.9 Å². The van der Waals surface area contributed by atoms with Gasteiger partial charge in [-0.15, -0.1) is 5.92 Å². The van der Waals surface area contributed by atoms with Gasteiger partial charge in [0.2, 0.25) is 0 Å². The van der Waals surface area contributed by atoms with E-state index in [-0.39, 0.29) is 12.3 Å². The van der Waals surface area contributed by atoms with Gasteiger partial charge in [-0.25, -0.2) is 0 Å². The SMILES string of the molecule is CC#C[C@@H](CC(=O)O)c1ccc(OCC(C)CC)cc1. The Morgan fingerprint density at radius 3 is 2.50 bits per heavy atom. The summed E-state index contributed by atoms with van der Waals surface area (Å²) in [6, 6.07) is 7.54. The molecule has 1 unspecified atom stereocenters. The Hall–Kier alpha value is -1.95. The van der Waals surface area contributed by atoms with Crippen LogP contribution in [0.25, 0.3) is 0 Å². The third-order valence-electron chi connectivity index (χ3n) is 3.21. The number of ether oxygens (including phenoxy) is 1. The summed E-state index contributed by atoms with van der Waals surface area (Å²) in [6.07, 6.45) is 1.11. The summed E-state index contributed by atoms with van der Waals surface area (Å²) in [6.45, 7) is 6.70. The molecule has 1 aromatic rings. The van der Waals surface area contributed by atoms with Gasteiger partial charge in [0.15, 0.2) is 0 Å². The molecule has 0 saturated heterocycles. The lowest BCUT2D eigenvalue weighted by atomic mass is 9.96. The first-order chi connectivity index (χ1) is 9.56. The van der Waals surface area contributed by atoms with E-state index < -0.39 is 5.97 Å². The topological polar surface area (TPSA) is 46.5 Å². The number of benzene rings is 1. The van der Waals surface area contributed by atoms with Gasteiger partial charge < -0.3 is 9.84 Å². The fourth-order valence-electron chi connectivity index (χ4n) is 1.75. The number of rotatable bonds is 7. The van der Waals surface area contributed by atoms with Gasteiger partial charge in [-0.05, 0) is 30.5 Å². The van der Waals surface area contributed by atoms with Crippen molar-refractivity contribution >= 4 is 5.97 Å². The van der Waals surface area contributed by atoms with Crippen molar-refractivity contribution in [2.75, 3.05) is 6.61 Å². The van der Waals surface area contributed by atoms with Crippen LogP contribution in [0, 0.1) is 17.8 Å². The van der Waals surface area contributed by atoms with E-state index in [2.05, 4.69) is 25.7 Å². The molecule has 0 aromatic heterocycles. The molecule has 3 heteroatoms. The van der Waals surface area contributed by atoms with E-state index in [1.807, 2.05) is 24.3 Å². The van der Waals surface area contributed by atoms with Gasteiger partial charge in [-0.1, -0.05) is 38.3 Å². The fraction of sp³-hybridized carbons (Fsp3) is 0.471. The number of carboxylic acids is 1. The van der Waals surface area contributed by atoms with Crippen molar-refractivity contribution in [2.45, 2.75) is 39.5 Å². The fourth-order valence-corrected chi connectivity index (χ4v) is 1.75. The zero-order valence-electron chi connectivity index (χ0n) is 12.3. The first kappa shape index (κ1) is 16.1. The molecule has 2 atom stereocenters. The predicted octanol–water partition coefficient (Wildman–Crippen LogP) is 3.69. The number of aliphatic carboxylic acids is 1. The van der Waals surface area contributed by atoms with Crippen molar-refractivity contribution in [2.24, 2.45) is 5.92 Å². The molecule has 1 aromatic carbocycles. The summed E-state index contributed by atoms with van der Waals surface area (Å²) in [7, 11) is 0. The summed E-state index contributed by atoms with van der Waals surface area (Å²) in [5.41, 5.74) is 0.914. The number of carbonyl (C=O) groups is 1. The maximum absolute atomic E-state index is 10.8. The van der Waals surface area contributed by atoms with E-state index in [4.69, 9.17) is 9.84 Å². The minimum Gasteiger partial charge on any atom is -0.493 e. The number of hydrogen-bond acceptors (Lipinski definition) is 2. The van der Waals surface area contributed by atoms with E-state index in [0.717, 1.165) is 17.7 Å². The van der Waals surface area contributed by atoms with Crippen LogP contribution in [0.1, 0.15) is 45.1 Å². The minimum atomic E-state index is -0.838. The van der Waals surface area contributed by atoms with Gasteiger partial charge in [0, 0.05) is 0 Å². The summed E-state index contributed by atoms with van der Waals surface area (Å²) in [4.78, 5) is 10.8. The molecule has 0 aliphatic rings. The summed E-state index contributed by atoms with van der Waals surface area (Å²) >= 11 is 0. The molecule has 0 spiro atoms. The lowest BCUT2D eigenvalue weighted by Gasteiger charge is -2.13. The van der Waals surface area contributed by atoms with E-state index in [9.17, 15) is 4.79 Å². The quantitative estimate of drug-likeness (QED) is 0.771. The highest BCUT2D eigenvalue weighted by Gasteiger charge is 2.13. The highest BCUT2D eigenvalue weighted by molar-refractivity contribution is 5.69. The largest absolute Gasteiger partial charge is 0.493 e. The van der Waals surface area contributed by atoms with Crippen molar-refractivity contribution in [1.29, 1.82) is 0 Å². The molecule has 20 heavy (non-hydrogen) atoms. The van der Waals surface area contributed by atoms with Gasteiger partial charge in [-0.3, -0.25) is 4.79 Å². The highest BCUT2D eigenvalue weighted by Crippen LogP contribution is 2.22. The second-order valence-corrected chi connectivity index (χ2v) is 4.94. The standard InChI is InChI=1S/C17H22O3/c1-4-6-15(11-17(18)19)14-7-9-16(10-8-14)20-12-13(3)5-2/h7-10,13,15H,5,11-12H2,1-3H3,(H,18,19)/t13?,15-/m0/s1. The lowest BCUT2D eigenvalue weighted by molar-refractivity contribution is -0.137. The van der Waals surface area contributed by atoms with Crippen LogP contribution in [-0.4, -0.2) is 17.7 Å². The maximum Gasteiger partial charge on any atom is 0.304 e. The molecule has 0 saturated carbocycles. The molecular formula is C17H22O3. The zero-order valence-corrected chi connectivity index (χ0v) is 12.3. The third-order valence-corrected chi connectivity index (χ3v) is 3.21. The van der Waals surface area contributed by atoms with Gasteiger partial charge in [-0.2, -0.15) is 0 Å². The Morgan fingerprint density at radius 2 is 2.00 bits per heavy atom. The molecule has 0 amide bonds. The molecule has 0 aliphatic heterocycles. The molecule has 0 fully saturated rings. The molecule has 0 bridgehead atoms. The van der Waals surface area contributed by atoms with E-state index in [1.54, 1.807) is 6.92 Å². The van der Waals surface area contributed by atoms with Gasteiger partial charge >= 0.3 is 5.97 Å². The van der Waals surface area contributed by atoms with Crippen molar-refractivity contribution < 1.29 is 14.6 Å². The molecule has 1 rings (SSSR count). The molecule has 108 valence electrons. The average Bonchev–Trinajstić information content (AvgIpc) is 2.44. The Kier molecular flexibility index (Phi) is 6.66. The van der Waals surface area contributed by atoms with Crippen LogP contribution < -0.4 is 4.74 Å². The van der Waals surface area contributed by atoms with E-state index in [1.165, 1.54) is 0 Å². The van der Waals surface area contributed by atoms with Crippen molar-refractivity contribution in [3.63, 3.8) is 0 Å². The average molecular weight is 274 g/mol. The van der Waals surface area contributed by atoms with Crippen LogP contribution in [-0.2, 0) is 4.79 Å². The molecule has 0 aliphatic carbocycles. The Bertz CT molecular complexity index is 479. The van der Waals surface area contributed by atoms with E-state index in [0.29, 0.717) is 12.5 Å². The van der Waals surface area contributed by atoms with Crippen molar-refractivity contribution in [3.8, 4) is 17.6 Å². The first-order valence-corrected chi connectivity index (χ1v) is 6.93. The van der Waals surface area contributed by atoms with Crippen LogP contribution in [0.4, 0.5) is 0 Å². The normalized spacial score (nSPS) is 12.9. The Morgan fingerprint density at radius 1 is 1.35 bits per heavy atom. The first-order valence-electron chi connectivity index (χ1n) is 6.93. The Labute approximate surface area is 121 Å². The predicted molar refractivity (Wildman–Crippen MR) is 79.8 cm³/mol. The summed E-state index contributed by atoms with van der Waals surface area (Å²) in [5.74, 6) is 5.97. The number of carboxylic acid groups (broad SMARTS) is 1. The van der Waals surface area contributed by atoms with Crippen LogP contribution in [0.3, 0.4) is 0 Å². The minimum absolute atomic E-state index is 0.0217. The van der Waals surface area contributed by atoms with Gasteiger partial charge in [0.25, 0.3) is 0 Å². The molecule has 3 nitrogen and oxygen atoms in total. The van der Waals surface area contributed by atoms with Crippen molar-refractivity contribution in [3.05, 3.63) is 29.8 Å². The van der Waals surface area contributed by atoms with E-state index >= 15 is 0 Å². The second kappa shape index (κ2) is 8.27. The lowest BCUT2D eigenvalue weighted by Crippen LogP contribution is -2.07. The zero-order chi connectivity index (χ0) is 15.0. The second-order valence-electron chi connectivity index (χ2n) is 4.94. The van der Waals surface area contributed by atoms with Gasteiger partial charge in [0.1, 0.15) is 5.75 Å². The molecule has 0 radical (unpaired) electrons. The Balaban J connectivity index is 2.72. The van der Waals surface area contributed by atoms with Crippen LogP contribution >= 0.6 is 0 Å². The number of hydrogen-bond donors (Lipinski definition) is 1. The summed E-state index contributed by atoms with van der Waals surface area (Å²) in [5, 5.41) is 8.91. The summed E-state index contributed by atoms with van der Waals surface area (Å²) < 4.78 is 5.68. The van der Waals surface area contributed by atoms with Crippen molar-refractivity contribution in [1.82, 2.24) is 0 Å². The van der Waals surface area contributed by atoms with Crippen LogP contribution in [0.5, 0.6) is 5.75 Å². The molecule has 1 N–H and O–H groups in total.